The summed E-state index contributed by atoms with van der Waals surface area (Å²) in [5.41, 5.74) is 1.03. The van der Waals surface area contributed by atoms with Crippen LogP contribution in [0.5, 0.6) is 5.75 Å². The molecule has 0 fully saturated rings. The van der Waals surface area contributed by atoms with E-state index in [1.54, 1.807) is 19.4 Å². The van der Waals surface area contributed by atoms with Crippen molar-refractivity contribution in [3.8, 4) is 5.75 Å². The van der Waals surface area contributed by atoms with Crippen LogP contribution in [0.25, 0.3) is 10.9 Å². The Labute approximate surface area is 92.8 Å². The van der Waals surface area contributed by atoms with Gasteiger partial charge in [-0.25, -0.2) is 4.79 Å². The molecule has 0 unspecified atom stereocenters. The zero-order valence-corrected chi connectivity index (χ0v) is 9.06. The molecule has 1 aromatic heterocycles. The summed E-state index contributed by atoms with van der Waals surface area (Å²) < 4.78 is 9.83. The SMILES string of the molecule is COC(=O)c1cc(OC)cc2cccnc12. The molecule has 0 saturated carbocycles. The Kier molecular flexibility index (Phi) is 2.72. The van der Waals surface area contributed by atoms with Gasteiger partial charge in [-0.05, 0) is 18.2 Å². The average Bonchev–Trinajstić information content (AvgIpc) is 2.36. The van der Waals surface area contributed by atoms with Crippen molar-refractivity contribution < 1.29 is 14.3 Å². The highest BCUT2D eigenvalue weighted by atomic mass is 16.5. The molecule has 0 bridgehead atoms. The van der Waals surface area contributed by atoms with Crippen molar-refractivity contribution in [1.29, 1.82) is 0 Å². The van der Waals surface area contributed by atoms with E-state index in [1.807, 2.05) is 18.2 Å². The van der Waals surface area contributed by atoms with Gasteiger partial charge in [0.15, 0.2) is 0 Å². The number of rotatable bonds is 2. The van der Waals surface area contributed by atoms with Gasteiger partial charge in [0.05, 0.1) is 25.3 Å². The number of methoxy groups -OCH3 is 2. The summed E-state index contributed by atoms with van der Waals surface area (Å²) in [7, 11) is 2.90. The molecule has 0 aliphatic rings. The van der Waals surface area contributed by atoms with E-state index in [0.717, 1.165) is 5.39 Å². The summed E-state index contributed by atoms with van der Waals surface area (Å²) in [4.78, 5) is 15.7. The average molecular weight is 217 g/mol. The minimum Gasteiger partial charge on any atom is -0.497 e. The summed E-state index contributed by atoms with van der Waals surface area (Å²) in [5.74, 6) is 0.198. The fourth-order valence-electron chi connectivity index (χ4n) is 1.55. The third-order valence-electron chi connectivity index (χ3n) is 2.32. The van der Waals surface area contributed by atoms with Crippen LogP contribution >= 0.6 is 0 Å². The van der Waals surface area contributed by atoms with Crippen molar-refractivity contribution in [1.82, 2.24) is 4.98 Å². The Morgan fingerprint density at radius 3 is 2.81 bits per heavy atom. The number of ether oxygens (including phenoxy) is 2. The molecule has 1 heterocycles. The Hall–Kier alpha value is -2.10. The molecule has 4 nitrogen and oxygen atoms in total. The maximum Gasteiger partial charge on any atom is 0.340 e. The molecule has 0 aliphatic heterocycles. The first-order chi connectivity index (χ1) is 7.76. The maximum absolute atomic E-state index is 11.6. The molecule has 0 saturated heterocycles. The molecule has 0 amide bonds. The predicted octanol–water partition coefficient (Wildman–Crippen LogP) is 2.03. The standard InChI is InChI=1S/C12H11NO3/c1-15-9-6-8-4-3-5-13-11(8)10(7-9)12(14)16-2/h3-7H,1-2H3. The third-order valence-corrected chi connectivity index (χ3v) is 2.32. The second-order valence-corrected chi connectivity index (χ2v) is 3.24. The summed E-state index contributed by atoms with van der Waals surface area (Å²) in [6.07, 6.45) is 1.64. The number of carbonyl (C=O) groups excluding carboxylic acids is 1. The van der Waals surface area contributed by atoms with Crippen LogP contribution in [0, 0.1) is 0 Å². The first-order valence-corrected chi connectivity index (χ1v) is 4.77. The highest BCUT2D eigenvalue weighted by molar-refractivity contribution is 6.03. The fraction of sp³-hybridized carbons (Fsp3) is 0.167. The van der Waals surface area contributed by atoms with E-state index < -0.39 is 5.97 Å². The molecule has 0 aliphatic carbocycles. The van der Waals surface area contributed by atoms with Gasteiger partial charge in [0.1, 0.15) is 5.75 Å². The molecule has 16 heavy (non-hydrogen) atoms. The van der Waals surface area contributed by atoms with E-state index in [9.17, 15) is 4.79 Å². The highest BCUT2D eigenvalue weighted by Crippen LogP contribution is 2.24. The molecule has 82 valence electrons. The number of carbonyl (C=O) groups is 1. The van der Waals surface area contributed by atoms with Gasteiger partial charge in [0.25, 0.3) is 0 Å². The lowest BCUT2D eigenvalue weighted by Crippen LogP contribution is -2.03. The minimum absolute atomic E-state index is 0.414. The van der Waals surface area contributed by atoms with Crippen molar-refractivity contribution in [2.45, 2.75) is 0 Å². The monoisotopic (exact) mass is 217 g/mol. The van der Waals surface area contributed by atoms with Gasteiger partial charge in [-0.1, -0.05) is 6.07 Å². The van der Waals surface area contributed by atoms with Gasteiger partial charge >= 0.3 is 5.97 Å². The van der Waals surface area contributed by atoms with E-state index >= 15 is 0 Å². The number of nitrogens with zero attached hydrogens (tertiary/aromatic N) is 1. The number of aromatic nitrogens is 1. The van der Waals surface area contributed by atoms with E-state index in [4.69, 9.17) is 9.47 Å². The molecule has 1 aromatic carbocycles. The summed E-state index contributed by atoms with van der Waals surface area (Å²) in [6, 6.07) is 7.13. The van der Waals surface area contributed by atoms with Crippen LogP contribution in [0.1, 0.15) is 10.4 Å². The van der Waals surface area contributed by atoms with Crippen molar-refractivity contribution in [3.63, 3.8) is 0 Å². The molecule has 0 spiro atoms. The fourth-order valence-corrected chi connectivity index (χ4v) is 1.55. The number of hydrogen-bond donors (Lipinski definition) is 0. The molecule has 2 aromatic rings. The van der Waals surface area contributed by atoms with Crippen LogP contribution < -0.4 is 4.74 Å². The topological polar surface area (TPSA) is 48.4 Å². The molecular weight excluding hydrogens is 206 g/mol. The van der Waals surface area contributed by atoms with Crippen molar-refractivity contribution in [2.75, 3.05) is 14.2 Å². The Morgan fingerprint density at radius 2 is 2.12 bits per heavy atom. The predicted molar refractivity (Wildman–Crippen MR) is 59.6 cm³/mol. The summed E-state index contributed by atoms with van der Waals surface area (Å²) >= 11 is 0. The second kappa shape index (κ2) is 4.18. The Bertz CT molecular complexity index is 537. The molecule has 0 atom stereocenters. The third kappa shape index (κ3) is 1.69. The normalized spacial score (nSPS) is 10.1. The van der Waals surface area contributed by atoms with Crippen molar-refractivity contribution >= 4 is 16.9 Å². The van der Waals surface area contributed by atoms with Crippen LogP contribution in [-0.2, 0) is 4.74 Å². The smallest absolute Gasteiger partial charge is 0.340 e. The second-order valence-electron chi connectivity index (χ2n) is 3.24. The van der Waals surface area contributed by atoms with Gasteiger partial charge in [0, 0.05) is 11.6 Å². The molecule has 0 N–H and O–H groups in total. The number of benzene rings is 1. The molecule has 2 rings (SSSR count). The van der Waals surface area contributed by atoms with E-state index in [-0.39, 0.29) is 0 Å². The maximum atomic E-state index is 11.6. The quantitative estimate of drug-likeness (QED) is 0.722. The Morgan fingerprint density at radius 1 is 1.31 bits per heavy atom. The van der Waals surface area contributed by atoms with Crippen LogP contribution in [0.2, 0.25) is 0 Å². The minimum atomic E-state index is -0.414. The number of pyridine rings is 1. The van der Waals surface area contributed by atoms with Crippen LogP contribution in [0.15, 0.2) is 30.5 Å². The zero-order chi connectivity index (χ0) is 11.5. The lowest BCUT2D eigenvalue weighted by Gasteiger charge is -2.06. The van der Waals surface area contributed by atoms with Gasteiger partial charge in [-0.15, -0.1) is 0 Å². The summed E-state index contributed by atoms with van der Waals surface area (Å²) in [5, 5.41) is 0.849. The van der Waals surface area contributed by atoms with Gasteiger partial charge < -0.3 is 9.47 Å². The van der Waals surface area contributed by atoms with Crippen LogP contribution in [-0.4, -0.2) is 25.2 Å². The van der Waals surface area contributed by atoms with Gasteiger partial charge in [-0.2, -0.15) is 0 Å². The van der Waals surface area contributed by atoms with E-state index in [1.165, 1.54) is 7.11 Å². The van der Waals surface area contributed by atoms with E-state index in [2.05, 4.69) is 4.98 Å². The van der Waals surface area contributed by atoms with Crippen molar-refractivity contribution in [3.05, 3.63) is 36.0 Å². The van der Waals surface area contributed by atoms with E-state index in [0.29, 0.717) is 16.8 Å². The first-order valence-electron chi connectivity index (χ1n) is 4.77. The van der Waals surface area contributed by atoms with Crippen LogP contribution in [0.3, 0.4) is 0 Å². The number of hydrogen-bond acceptors (Lipinski definition) is 4. The molecule has 4 heteroatoms. The summed E-state index contributed by atoms with van der Waals surface area (Å²) in [6.45, 7) is 0. The largest absolute Gasteiger partial charge is 0.497 e. The molecular formula is C12H11NO3. The number of fused-ring (bicyclic) bond motifs is 1. The zero-order valence-electron chi connectivity index (χ0n) is 9.06. The highest BCUT2D eigenvalue weighted by Gasteiger charge is 2.13. The van der Waals surface area contributed by atoms with Crippen LogP contribution in [0.4, 0.5) is 0 Å². The lowest BCUT2D eigenvalue weighted by molar-refractivity contribution is 0.0602. The molecule has 0 radical (unpaired) electrons. The number of esters is 1. The van der Waals surface area contributed by atoms with Crippen molar-refractivity contribution in [2.24, 2.45) is 0 Å². The van der Waals surface area contributed by atoms with Gasteiger partial charge in [-0.3, -0.25) is 4.98 Å². The Balaban J connectivity index is 2.73. The first kappa shape index (κ1) is 10.4. The van der Waals surface area contributed by atoms with Gasteiger partial charge in [0.2, 0.25) is 0 Å². The lowest BCUT2D eigenvalue weighted by atomic mass is 10.1.